The summed E-state index contributed by atoms with van der Waals surface area (Å²) in [5, 5.41) is -0.920. The number of pyridine rings is 1. The molecular formula is C23H13F7N4O2S. The highest BCUT2D eigenvalue weighted by molar-refractivity contribution is 7.92. The van der Waals surface area contributed by atoms with Crippen molar-refractivity contribution < 1.29 is 39.2 Å². The molecule has 1 N–H and O–H groups in total. The summed E-state index contributed by atoms with van der Waals surface area (Å²) >= 11 is 0. The smallest absolute Gasteiger partial charge is 0.277 e. The monoisotopic (exact) mass is 542 g/mol. The van der Waals surface area contributed by atoms with Crippen molar-refractivity contribution in [1.29, 1.82) is 0 Å². The molecule has 0 aliphatic carbocycles. The third kappa shape index (κ3) is 5.85. The molecule has 0 bridgehead atoms. The summed E-state index contributed by atoms with van der Waals surface area (Å²) < 4.78 is 120. The van der Waals surface area contributed by atoms with Crippen LogP contribution in [0.4, 0.5) is 36.4 Å². The van der Waals surface area contributed by atoms with Gasteiger partial charge in [-0.05, 0) is 48.0 Å². The van der Waals surface area contributed by atoms with Gasteiger partial charge in [-0.15, -0.1) is 0 Å². The first-order valence-corrected chi connectivity index (χ1v) is 11.6. The topological polar surface area (TPSA) is 84.8 Å². The molecular weight excluding hydrogens is 529 g/mol. The Balaban J connectivity index is 1.81. The lowest BCUT2D eigenvalue weighted by molar-refractivity contribution is -0.143. The largest absolute Gasteiger partial charge is 0.416 e. The molecule has 0 amide bonds. The number of sulfonamides is 1. The predicted molar refractivity (Wildman–Crippen MR) is 118 cm³/mol. The summed E-state index contributed by atoms with van der Waals surface area (Å²) in [6.45, 7) is 0. The van der Waals surface area contributed by atoms with Crippen molar-refractivity contribution in [2.75, 3.05) is 4.72 Å². The molecule has 4 rings (SSSR count). The van der Waals surface area contributed by atoms with E-state index in [-0.39, 0.29) is 29.5 Å². The summed E-state index contributed by atoms with van der Waals surface area (Å²) in [5.74, 6) is -0.530. The van der Waals surface area contributed by atoms with Gasteiger partial charge in [0.15, 0.2) is 0 Å². The van der Waals surface area contributed by atoms with Crippen LogP contribution in [0.15, 0.2) is 78.3 Å². The fourth-order valence-corrected chi connectivity index (χ4v) is 4.20. The van der Waals surface area contributed by atoms with Crippen LogP contribution < -0.4 is 4.72 Å². The zero-order chi connectivity index (χ0) is 27.0. The van der Waals surface area contributed by atoms with Crippen LogP contribution >= 0.6 is 0 Å². The molecule has 0 unspecified atom stereocenters. The Morgan fingerprint density at radius 1 is 0.757 bits per heavy atom. The van der Waals surface area contributed by atoms with E-state index >= 15 is 0 Å². The van der Waals surface area contributed by atoms with E-state index in [0.29, 0.717) is 11.1 Å². The first-order valence-electron chi connectivity index (χ1n) is 10.1. The summed E-state index contributed by atoms with van der Waals surface area (Å²) in [4.78, 5) is 11.6. The van der Waals surface area contributed by atoms with Gasteiger partial charge < -0.3 is 0 Å². The molecule has 0 radical (unpaired) electrons. The molecule has 192 valence electrons. The van der Waals surface area contributed by atoms with Crippen LogP contribution in [0.1, 0.15) is 11.1 Å². The lowest BCUT2D eigenvalue weighted by Crippen LogP contribution is -2.18. The predicted octanol–water partition coefficient (Wildman–Crippen LogP) is 6.18. The molecule has 0 atom stereocenters. The fourth-order valence-electron chi connectivity index (χ4n) is 3.28. The zero-order valence-electron chi connectivity index (χ0n) is 18.1. The van der Waals surface area contributed by atoms with Gasteiger partial charge in [0.1, 0.15) is 5.82 Å². The Labute approximate surface area is 204 Å². The summed E-state index contributed by atoms with van der Waals surface area (Å²) in [5.41, 5.74) is -3.29. The van der Waals surface area contributed by atoms with Crippen LogP contribution in [0, 0.1) is 5.82 Å². The molecule has 2 aromatic carbocycles. The second-order valence-electron chi connectivity index (χ2n) is 7.56. The van der Waals surface area contributed by atoms with Crippen molar-refractivity contribution in [2.24, 2.45) is 0 Å². The minimum Gasteiger partial charge on any atom is -0.277 e. The normalized spacial score (nSPS) is 12.4. The van der Waals surface area contributed by atoms with E-state index in [2.05, 4.69) is 15.0 Å². The SMILES string of the molecule is O=S(=O)(Nc1cc(C(F)(F)F)cc(C(F)(F)F)c1)c1ncc(-c2ccc(F)cc2)c(-c2ccncc2)n1. The maximum absolute atomic E-state index is 13.4. The van der Waals surface area contributed by atoms with E-state index in [1.807, 2.05) is 0 Å². The van der Waals surface area contributed by atoms with Crippen molar-refractivity contribution in [3.8, 4) is 22.4 Å². The maximum atomic E-state index is 13.4. The number of anilines is 1. The highest BCUT2D eigenvalue weighted by atomic mass is 32.2. The van der Waals surface area contributed by atoms with Gasteiger partial charge in [0.05, 0.1) is 22.5 Å². The van der Waals surface area contributed by atoms with Crippen molar-refractivity contribution in [1.82, 2.24) is 15.0 Å². The Morgan fingerprint density at radius 2 is 1.32 bits per heavy atom. The Kier molecular flexibility index (Phi) is 6.62. The van der Waals surface area contributed by atoms with Gasteiger partial charge >= 0.3 is 12.4 Å². The second kappa shape index (κ2) is 9.42. The molecule has 2 aromatic heterocycles. The highest BCUT2D eigenvalue weighted by Crippen LogP contribution is 2.38. The van der Waals surface area contributed by atoms with Crippen LogP contribution in [0.3, 0.4) is 0 Å². The molecule has 14 heteroatoms. The van der Waals surface area contributed by atoms with Crippen molar-refractivity contribution >= 4 is 15.7 Å². The lowest BCUT2D eigenvalue weighted by Gasteiger charge is -2.15. The van der Waals surface area contributed by atoms with Crippen molar-refractivity contribution in [3.05, 3.63) is 90.1 Å². The van der Waals surface area contributed by atoms with E-state index in [1.165, 1.54) is 36.7 Å². The molecule has 0 saturated heterocycles. The van der Waals surface area contributed by atoms with Gasteiger partial charge in [0.25, 0.3) is 15.2 Å². The number of benzene rings is 2. The van der Waals surface area contributed by atoms with Crippen molar-refractivity contribution in [3.63, 3.8) is 0 Å². The van der Waals surface area contributed by atoms with Gasteiger partial charge in [-0.2, -0.15) is 34.8 Å². The fraction of sp³-hybridized carbons (Fsp3) is 0.0870. The quantitative estimate of drug-likeness (QED) is 0.240. The average molecular weight is 542 g/mol. The van der Waals surface area contributed by atoms with E-state index < -0.39 is 50.2 Å². The third-order valence-corrected chi connectivity index (χ3v) is 6.14. The number of halogens is 7. The van der Waals surface area contributed by atoms with Gasteiger partial charge in [-0.25, -0.2) is 14.4 Å². The first-order chi connectivity index (χ1) is 17.2. The number of alkyl halides is 6. The molecule has 2 heterocycles. The molecule has 0 spiro atoms. The number of nitrogens with zero attached hydrogens (tertiary/aromatic N) is 3. The van der Waals surface area contributed by atoms with Gasteiger partial charge in [0.2, 0.25) is 0 Å². The lowest BCUT2D eigenvalue weighted by atomic mass is 10.0. The molecule has 0 saturated carbocycles. The van der Waals surface area contributed by atoms with E-state index in [9.17, 15) is 39.2 Å². The van der Waals surface area contributed by atoms with Gasteiger partial charge in [-0.3, -0.25) is 9.71 Å². The number of hydrogen-bond donors (Lipinski definition) is 1. The van der Waals surface area contributed by atoms with Crippen LogP contribution in [-0.2, 0) is 22.4 Å². The van der Waals surface area contributed by atoms with E-state index in [0.717, 1.165) is 18.3 Å². The number of aromatic nitrogens is 3. The van der Waals surface area contributed by atoms with Gasteiger partial charge in [-0.1, -0.05) is 12.1 Å². The number of hydrogen-bond acceptors (Lipinski definition) is 5. The first kappa shape index (κ1) is 26.0. The second-order valence-corrected chi connectivity index (χ2v) is 9.13. The summed E-state index contributed by atoms with van der Waals surface area (Å²) in [6, 6.07) is 8.40. The molecule has 37 heavy (non-hydrogen) atoms. The van der Waals surface area contributed by atoms with E-state index in [1.54, 1.807) is 4.72 Å². The Morgan fingerprint density at radius 3 is 1.86 bits per heavy atom. The van der Waals surface area contributed by atoms with Crippen molar-refractivity contribution in [2.45, 2.75) is 17.5 Å². The van der Waals surface area contributed by atoms with Crippen LogP contribution in [0.2, 0.25) is 0 Å². The Bertz CT molecular complexity index is 1510. The minimum atomic E-state index is -5.18. The highest BCUT2D eigenvalue weighted by Gasteiger charge is 2.37. The minimum absolute atomic E-state index is 0.0457. The van der Waals surface area contributed by atoms with Gasteiger partial charge in [0, 0.05) is 29.7 Å². The molecule has 6 nitrogen and oxygen atoms in total. The number of rotatable bonds is 5. The maximum Gasteiger partial charge on any atom is 0.416 e. The molecule has 0 aliphatic heterocycles. The summed E-state index contributed by atoms with van der Waals surface area (Å²) in [6.07, 6.45) is -6.48. The van der Waals surface area contributed by atoms with E-state index in [4.69, 9.17) is 0 Å². The van der Waals surface area contributed by atoms with Crippen LogP contribution in [0.25, 0.3) is 22.4 Å². The van der Waals surface area contributed by atoms with Crippen LogP contribution in [0.5, 0.6) is 0 Å². The zero-order valence-corrected chi connectivity index (χ0v) is 19.0. The standard InChI is InChI=1S/C23H13F7N4O2S/c24-17-3-1-13(2-4-17)19-12-32-21(33-20(19)14-5-7-31-8-6-14)37(35,36)34-18-10-15(22(25,26)27)9-16(11-18)23(28,29)30/h1-12,34H. The average Bonchev–Trinajstić information content (AvgIpc) is 2.83. The molecule has 0 fully saturated rings. The van der Waals surface area contributed by atoms with Crippen LogP contribution in [-0.4, -0.2) is 23.4 Å². The third-order valence-electron chi connectivity index (χ3n) is 4.96. The summed E-state index contributed by atoms with van der Waals surface area (Å²) in [7, 11) is -4.86. The number of nitrogens with one attached hydrogen (secondary N) is 1. The molecule has 4 aromatic rings. The molecule has 0 aliphatic rings. The Hall–Kier alpha value is -4.07.